The highest BCUT2D eigenvalue weighted by Crippen LogP contribution is 2.30. The van der Waals surface area contributed by atoms with E-state index < -0.39 is 11.5 Å². The molecule has 1 aliphatic carbocycles. The summed E-state index contributed by atoms with van der Waals surface area (Å²) in [6.07, 6.45) is 4.34. The van der Waals surface area contributed by atoms with E-state index in [0.717, 1.165) is 45.1 Å². The van der Waals surface area contributed by atoms with Crippen LogP contribution in [0.1, 0.15) is 39.5 Å². The van der Waals surface area contributed by atoms with Gasteiger partial charge in [0.25, 0.3) is 0 Å². The predicted molar refractivity (Wildman–Crippen MR) is 67.1 cm³/mol. The highest BCUT2D eigenvalue weighted by Gasteiger charge is 2.41. The zero-order chi connectivity index (χ0) is 12.5. The molecule has 98 valence electrons. The SMILES string of the molecule is CCCC(C)(C(=O)O)N1CCN(C2CC2)CC1. The maximum absolute atomic E-state index is 11.5. The molecule has 0 aromatic rings. The number of aliphatic carboxylic acids is 1. The summed E-state index contributed by atoms with van der Waals surface area (Å²) in [6.45, 7) is 7.82. The molecule has 0 amide bonds. The van der Waals surface area contributed by atoms with Gasteiger partial charge in [-0.05, 0) is 26.2 Å². The van der Waals surface area contributed by atoms with Gasteiger partial charge in [-0.15, -0.1) is 0 Å². The molecule has 1 saturated heterocycles. The van der Waals surface area contributed by atoms with Crippen molar-refractivity contribution >= 4 is 5.97 Å². The molecule has 0 aromatic carbocycles. The summed E-state index contributed by atoms with van der Waals surface area (Å²) < 4.78 is 0. The largest absolute Gasteiger partial charge is 0.480 e. The molecule has 17 heavy (non-hydrogen) atoms. The number of piperazine rings is 1. The van der Waals surface area contributed by atoms with Crippen LogP contribution in [0.4, 0.5) is 0 Å². The van der Waals surface area contributed by atoms with Gasteiger partial charge in [0.05, 0.1) is 0 Å². The molecule has 1 aliphatic heterocycles. The second-order valence-electron chi connectivity index (χ2n) is 5.58. The summed E-state index contributed by atoms with van der Waals surface area (Å²) in [5.74, 6) is -0.667. The molecule has 2 fully saturated rings. The van der Waals surface area contributed by atoms with E-state index in [9.17, 15) is 9.90 Å². The molecule has 0 bridgehead atoms. The molecule has 2 aliphatic rings. The Hall–Kier alpha value is -0.610. The van der Waals surface area contributed by atoms with Gasteiger partial charge in [-0.25, -0.2) is 0 Å². The molecule has 4 nitrogen and oxygen atoms in total. The lowest BCUT2D eigenvalue weighted by Crippen LogP contribution is -2.59. The summed E-state index contributed by atoms with van der Waals surface area (Å²) in [7, 11) is 0. The van der Waals surface area contributed by atoms with Crippen LogP contribution in [-0.2, 0) is 4.79 Å². The van der Waals surface area contributed by atoms with E-state index >= 15 is 0 Å². The summed E-state index contributed by atoms with van der Waals surface area (Å²) in [4.78, 5) is 16.2. The molecule has 1 atom stereocenters. The van der Waals surface area contributed by atoms with Crippen LogP contribution in [0.5, 0.6) is 0 Å². The molecule has 4 heteroatoms. The average molecular weight is 240 g/mol. The second kappa shape index (κ2) is 4.94. The normalized spacial score (nSPS) is 26.7. The number of carbonyl (C=O) groups is 1. The van der Waals surface area contributed by atoms with Gasteiger partial charge in [0.2, 0.25) is 0 Å². The van der Waals surface area contributed by atoms with Crippen LogP contribution in [0.2, 0.25) is 0 Å². The zero-order valence-corrected chi connectivity index (χ0v) is 11.0. The first kappa shape index (κ1) is 12.8. The molecule has 0 radical (unpaired) electrons. The highest BCUT2D eigenvalue weighted by molar-refractivity contribution is 5.78. The number of carboxylic acids is 1. The van der Waals surface area contributed by atoms with Crippen molar-refractivity contribution in [3.8, 4) is 0 Å². The Kier molecular flexibility index (Phi) is 3.73. The molecule has 2 rings (SSSR count). The lowest BCUT2D eigenvalue weighted by atomic mass is 9.93. The molecular formula is C13H24N2O2. The fourth-order valence-corrected chi connectivity index (χ4v) is 2.91. The van der Waals surface area contributed by atoms with E-state index in [1.54, 1.807) is 0 Å². The van der Waals surface area contributed by atoms with Crippen LogP contribution >= 0.6 is 0 Å². The molecule has 1 unspecified atom stereocenters. The zero-order valence-electron chi connectivity index (χ0n) is 11.0. The molecule has 1 N–H and O–H groups in total. The van der Waals surface area contributed by atoms with Crippen molar-refractivity contribution < 1.29 is 9.90 Å². The Bertz CT molecular complexity index is 283. The van der Waals surface area contributed by atoms with E-state index in [0.29, 0.717) is 0 Å². The van der Waals surface area contributed by atoms with Crippen LogP contribution in [0.15, 0.2) is 0 Å². The van der Waals surface area contributed by atoms with Crippen LogP contribution in [0.25, 0.3) is 0 Å². The van der Waals surface area contributed by atoms with E-state index in [1.807, 2.05) is 6.92 Å². The fourth-order valence-electron chi connectivity index (χ4n) is 2.91. The number of carboxylic acid groups (broad SMARTS) is 1. The van der Waals surface area contributed by atoms with E-state index in [-0.39, 0.29) is 0 Å². The third-order valence-electron chi connectivity index (χ3n) is 4.27. The second-order valence-corrected chi connectivity index (χ2v) is 5.58. The fraction of sp³-hybridized carbons (Fsp3) is 0.923. The van der Waals surface area contributed by atoms with Crippen molar-refractivity contribution in [1.82, 2.24) is 9.80 Å². The predicted octanol–water partition coefficient (Wildman–Crippen LogP) is 1.41. The molecule has 0 aromatic heterocycles. The van der Waals surface area contributed by atoms with Gasteiger partial charge >= 0.3 is 5.97 Å². The minimum absolute atomic E-state index is 0.662. The Morgan fingerprint density at radius 3 is 2.29 bits per heavy atom. The van der Waals surface area contributed by atoms with Gasteiger partial charge in [-0.2, -0.15) is 0 Å². The molecular weight excluding hydrogens is 216 g/mol. The number of hydrogen-bond acceptors (Lipinski definition) is 3. The van der Waals surface area contributed by atoms with Crippen molar-refractivity contribution in [2.45, 2.75) is 51.1 Å². The monoisotopic (exact) mass is 240 g/mol. The van der Waals surface area contributed by atoms with Crippen molar-refractivity contribution in [3.63, 3.8) is 0 Å². The quantitative estimate of drug-likeness (QED) is 0.789. The maximum atomic E-state index is 11.5. The van der Waals surface area contributed by atoms with Crippen molar-refractivity contribution in [2.75, 3.05) is 26.2 Å². The van der Waals surface area contributed by atoms with Crippen molar-refractivity contribution in [2.24, 2.45) is 0 Å². The number of hydrogen-bond donors (Lipinski definition) is 1. The summed E-state index contributed by atoms with van der Waals surface area (Å²) >= 11 is 0. The van der Waals surface area contributed by atoms with Crippen LogP contribution in [0, 0.1) is 0 Å². The Morgan fingerprint density at radius 2 is 1.88 bits per heavy atom. The van der Waals surface area contributed by atoms with Crippen LogP contribution in [-0.4, -0.2) is 58.6 Å². The van der Waals surface area contributed by atoms with Gasteiger partial charge in [-0.1, -0.05) is 13.3 Å². The highest BCUT2D eigenvalue weighted by atomic mass is 16.4. The summed E-state index contributed by atoms with van der Waals surface area (Å²) in [6, 6.07) is 0.805. The molecule has 1 saturated carbocycles. The topological polar surface area (TPSA) is 43.8 Å². The lowest BCUT2D eigenvalue weighted by molar-refractivity contribution is -0.152. The van der Waals surface area contributed by atoms with E-state index in [1.165, 1.54) is 12.8 Å². The van der Waals surface area contributed by atoms with Gasteiger partial charge < -0.3 is 5.11 Å². The molecule has 0 spiro atoms. The van der Waals surface area contributed by atoms with Crippen LogP contribution in [0.3, 0.4) is 0 Å². The number of rotatable bonds is 5. The van der Waals surface area contributed by atoms with E-state index in [4.69, 9.17) is 0 Å². The third-order valence-corrected chi connectivity index (χ3v) is 4.27. The van der Waals surface area contributed by atoms with Gasteiger partial charge in [0, 0.05) is 32.2 Å². The first-order valence-electron chi connectivity index (χ1n) is 6.80. The standard InChI is InChI=1S/C13H24N2O2/c1-3-6-13(2,12(16)17)15-9-7-14(8-10-15)11-4-5-11/h11H,3-10H2,1-2H3,(H,16,17). The first-order chi connectivity index (χ1) is 8.08. The summed E-state index contributed by atoms with van der Waals surface area (Å²) in [5, 5.41) is 9.45. The third kappa shape index (κ3) is 2.63. The lowest BCUT2D eigenvalue weighted by Gasteiger charge is -2.43. The minimum atomic E-state index is -0.667. The Balaban J connectivity index is 1.94. The Morgan fingerprint density at radius 1 is 1.29 bits per heavy atom. The van der Waals surface area contributed by atoms with E-state index in [2.05, 4.69) is 16.7 Å². The first-order valence-corrected chi connectivity index (χ1v) is 6.80. The van der Waals surface area contributed by atoms with Crippen molar-refractivity contribution in [3.05, 3.63) is 0 Å². The van der Waals surface area contributed by atoms with Crippen LogP contribution < -0.4 is 0 Å². The molecule has 1 heterocycles. The maximum Gasteiger partial charge on any atom is 0.323 e. The summed E-state index contributed by atoms with van der Waals surface area (Å²) in [5.41, 5.74) is -0.662. The van der Waals surface area contributed by atoms with Crippen molar-refractivity contribution in [1.29, 1.82) is 0 Å². The smallest absolute Gasteiger partial charge is 0.323 e. The van der Waals surface area contributed by atoms with Gasteiger partial charge in [0.1, 0.15) is 5.54 Å². The average Bonchev–Trinajstić information content (AvgIpc) is 3.13. The minimum Gasteiger partial charge on any atom is -0.480 e. The Labute approximate surface area is 104 Å². The van der Waals surface area contributed by atoms with Gasteiger partial charge in [-0.3, -0.25) is 14.6 Å². The number of nitrogens with zero attached hydrogens (tertiary/aromatic N) is 2. The van der Waals surface area contributed by atoms with Gasteiger partial charge in [0.15, 0.2) is 0 Å².